The van der Waals surface area contributed by atoms with Crippen molar-refractivity contribution in [1.29, 1.82) is 0 Å². The molecule has 8 nitrogen and oxygen atoms in total. The number of esters is 1. The number of amides is 1. The van der Waals surface area contributed by atoms with Crippen LogP contribution in [0.2, 0.25) is 0 Å². The van der Waals surface area contributed by atoms with Crippen LogP contribution in [-0.2, 0) is 9.53 Å². The van der Waals surface area contributed by atoms with Crippen LogP contribution in [0.4, 0.5) is 11.4 Å². The van der Waals surface area contributed by atoms with Gasteiger partial charge >= 0.3 is 5.97 Å². The van der Waals surface area contributed by atoms with Crippen molar-refractivity contribution in [2.75, 3.05) is 18.5 Å². The van der Waals surface area contributed by atoms with E-state index in [-0.39, 0.29) is 35.8 Å². The Labute approximate surface area is 158 Å². The van der Waals surface area contributed by atoms with Crippen molar-refractivity contribution in [3.05, 3.63) is 33.9 Å². The van der Waals surface area contributed by atoms with Crippen LogP contribution >= 0.6 is 0 Å². The Bertz CT molecular complexity index is 732. The third-order valence-corrected chi connectivity index (χ3v) is 5.11. The molecule has 1 aromatic carbocycles. The summed E-state index contributed by atoms with van der Waals surface area (Å²) in [6, 6.07) is 4.66. The summed E-state index contributed by atoms with van der Waals surface area (Å²) in [5, 5.41) is 14.4. The number of nitro groups is 1. The molecule has 0 bridgehead atoms. The van der Waals surface area contributed by atoms with Crippen molar-refractivity contribution in [1.82, 2.24) is 4.90 Å². The first-order valence-corrected chi connectivity index (χ1v) is 9.51. The van der Waals surface area contributed by atoms with Gasteiger partial charge in [-0.15, -0.1) is 0 Å². The monoisotopic (exact) mass is 375 g/mol. The van der Waals surface area contributed by atoms with Gasteiger partial charge in [-0.3, -0.25) is 14.9 Å². The van der Waals surface area contributed by atoms with Crippen LogP contribution in [0.15, 0.2) is 18.2 Å². The number of carbonyl (C=O) groups excluding carboxylic acids is 2. The van der Waals surface area contributed by atoms with Gasteiger partial charge in [-0.1, -0.05) is 6.92 Å². The first-order chi connectivity index (χ1) is 13.0. The highest BCUT2D eigenvalue weighted by Crippen LogP contribution is 2.31. The minimum Gasteiger partial charge on any atom is -0.452 e. The molecular formula is C19H25N3O5. The number of likely N-dealkylation sites (tertiary alicyclic amines) is 1. The highest BCUT2D eigenvalue weighted by Gasteiger charge is 2.28. The number of anilines is 1. The van der Waals surface area contributed by atoms with E-state index < -0.39 is 10.9 Å². The number of ether oxygens (including phenoxy) is 1. The number of benzene rings is 1. The maximum atomic E-state index is 12.4. The fourth-order valence-corrected chi connectivity index (χ4v) is 3.43. The molecule has 1 amide bonds. The molecule has 1 saturated carbocycles. The first kappa shape index (κ1) is 19.1. The number of nitrogens with one attached hydrogen (secondary N) is 1. The van der Waals surface area contributed by atoms with E-state index in [0.29, 0.717) is 12.2 Å². The third kappa shape index (κ3) is 4.75. The Kier molecular flexibility index (Phi) is 5.93. The van der Waals surface area contributed by atoms with Crippen LogP contribution in [0.3, 0.4) is 0 Å². The Morgan fingerprint density at radius 1 is 1.30 bits per heavy atom. The van der Waals surface area contributed by atoms with E-state index in [1.807, 2.05) is 6.92 Å². The van der Waals surface area contributed by atoms with Crippen molar-refractivity contribution < 1.29 is 19.2 Å². The molecule has 0 unspecified atom stereocenters. The van der Waals surface area contributed by atoms with Crippen molar-refractivity contribution in [3.63, 3.8) is 0 Å². The summed E-state index contributed by atoms with van der Waals surface area (Å²) in [5.41, 5.74) is 0.306. The molecule has 3 rings (SSSR count). The number of nitro benzene ring substituents is 1. The van der Waals surface area contributed by atoms with Gasteiger partial charge in [0.1, 0.15) is 5.69 Å². The van der Waals surface area contributed by atoms with E-state index in [1.54, 1.807) is 4.90 Å². The van der Waals surface area contributed by atoms with Gasteiger partial charge in [-0.2, -0.15) is 0 Å². The first-order valence-electron chi connectivity index (χ1n) is 9.51. The zero-order valence-electron chi connectivity index (χ0n) is 15.5. The predicted molar refractivity (Wildman–Crippen MR) is 99.7 cm³/mol. The molecule has 0 aromatic heterocycles. The number of rotatable bonds is 7. The molecule has 1 heterocycles. The van der Waals surface area contributed by atoms with Gasteiger partial charge in [-0.25, -0.2) is 4.79 Å². The molecule has 1 N–H and O–H groups in total. The molecule has 27 heavy (non-hydrogen) atoms. The van der Waals surface area contributed by atoms with Crippen LogP contribution < -0.4 is 5.32 Å². The molecule has 2 fully saturated rings. The molecule has 1 aromatic rings. The zero-order valence-corrected chi connectivity index (χ0v) is 15.5. The Morgan fingerprint density at radius 3 is 2.74 bits per heavy atom. The van der Waals surface area contributed by atoms with E-state index in [0.717, 1.165) is 38.5 Å². The molecule has 8 heteroatoms. The third-order valence-electron chi connectivity index (χ3n) is 5.11. The van der Waals surface area contributed by atoms with Crippen molar-refractivity contribution in [3.8, 4) is 0 Å². The molecule has 0 radical (unpaired) electrons. The van der Waals surface area contributed by atoms with Crippen LogP contribution in [0, 0.1) is 10.1 Å². The fourth-order valence-electron chi connectivity index (χ4n) is 3.43. The highest BCUT2D eigenvalue weighted by molar-refractivity contribution is 5.93. The molecule has 2 aliphatic rings. The standard InChI is InChI=1S/C19H25N3O5/c1-2-15-5-3-4-10-21(15)18(23)12-27-19(24)13-6-9-16(20-14-7-8-14)17(11-13)22(25)26/h6,9,11,14-15,20H,2-5,7-8,10,12H2,1H3/t15-/m1/s1. The van der Waals surface area contributed by atoms with Gasteiger partial charge in [-0.05, 0) is 50.7 Å². The van der Waals surface area contributed by atoms with E-state index in [1.165, 1.54) is 18.2 Å². The van der Waals surface area contributed by atoms with Gasteiger partial charge in [0.2, 0.25) is 0 Å². The zero-order chi connectivity index (χ0) is 19.4. The summed E-state index contributed by atoms with van der Waals surface area (Å²) >= 11 is 0. The Hall–Kier alpha value is -2.64. The lowest BCUT2D eigenvalue weighted by molar-refractivity contribution is -0.384. The second-order valence-corrected chi connectivity index (χ2v) is 7.13. The minimum atomic E-state index is -0.727. The van der Waals surface area contributed by atoms with Crippen molar-refractivity contribution in [2.45, 2.75) is 57.5 Å². The topological polar surface area (TPSA) is 102 Å². The SMILES string of the molecule is CC[C@@H]1CCCCN1C(=O)COC(=O)c1ccc(NC2CC2)c([N+](=O)[O-])c1. The maximum Gasteiger partial charge on any atom is 0.338 e. The molecule has 0 spiro atoms. The number of hydrogen-bond donors (Lipinski definition) is 1. The molecule has 1 saturated heterocycles. The van der Waals surface area contributed by atoms with E-state index in [9.17, 15) is 19.7 Å². The smallest absolute Gasteiger partial charge is 0.338 e. The summed E-state index contributed by atoms with van der Waals surface area (Å²) < 4.78 is 5.13. The van der Waals surface area contributed by atoms with Gasteiger partial charge < -0.3 is 15.0 Å². The normalized spacial score (nSPS) is 19.4. The second-order valence-electron chi connectivity index (χ2n) is 7.13. The summed E-state index contributed by atoms with van der Waals surface area (Å²) in [4.78, 5) is 37.2. The minimum absolute atomic E-state index is 0.0709. The van der Waals surface area contributed by atoms with E-state index >= 15 is 0 Å². The number of hydrogen-bond acceptors (Lipinski definition) is 6. The predicted octanol–water partition coefficient (Wildman–Crippen LogP) is 3.12. The summed E-state index contributed by atoms with van der Waals surface area (Å²) in [5.74, 6) is -0.939. The highest BCUT2D eigenvalue weighted by atomic mass is 16.6. The average molecular weight is 375 g/mol. The van der Waals surface area contributed by atoms with Crippen LogP contribution in [-0.4, -0.2) is 46.9 Å². The Balaban J connectivity index is 1.62. The fraction of sp³-hybridized carbons (Fsp3) is 0.579. The molecule has 1 aliphatic carbocycles. The summed E-state index contributed by atoms with van der Waals surface area (Å²) in [6.07, 6.45) is 5.88. The van der Waals surface area contributed by atoms with Gasteiger partial charge in [0.15, 0.2) is 6.61 Å². The lowest BCUT2D eigenvalue weighted by atomic mass is 10.00. The largest absolute Gasteiger partial charge is 0.452 e. The summed E-state index contributed by atoms with van der Waals surface area (Å²) in [7, 11) is 0. The lowest BCUT2D eigenvalue weighted by Gasteiger charge is -2.35. The number of piperidine rings is 1. The van der Waals surface area contributed by atoms with Crippen LogP contribution in [0.1, 0.15) is 55.8 Å². The number of nitrogens with zero attached hydrogens (tertiary/aromatic N) is 2. The molecule has 146 valence electrons. The maximum absolute atomic E-state index is 12.4. The molecular weight excluding hydrogens is 350 g/mol. The van der Waals surface area contributed by atoms with E-state index in [4.69, 9.17) is 4.74 Å². The molecule has 1 aliphatic heterocycles. The van der Waals surface area contributed by atoms with Gasteiger partial charge in [0.25, 0.3) is 11.6 Å². The van der Waals surface area contributed by atoms with Crippen molar-refractivity contribution in [2.24, 2.45) is 0 Å². The average Bonchev–Trinajstić information content (AvgIpc) is 3.49. The van der Waals surface area contributed by atoms with Gasteiger partial charge in [0.05, 0.1) is 10.5 Å². The number of carbonyl (C=O) groups is 2. The second kappa shape index (κ2) is 8.37. The lowest BCUT2D eigenvalue weighted by Crippen LogP contribution is -2.45. The molecule has 1 atom stereocenters. The van der Waals surface area contributed by atoms with Gasteiger partial charge in [0, 0.05) is 24.7 Å². The van der Waals surface area contributed by atoms with Crippen molar-refractivity contribution >= 4 is 23.3 Å². The Morgan fingerprint density at radius 2 is 2.07 bits per heavy atom. The van der Waals surface area contributed by atoms with Crippen LogP contribution in [0.5, 0.6) is 0 Å². The van der Waals surface area contributed by atoms with E-state index in [2.05, 4.69) is 5.32 Å². The quantitative estimate of drug-likeness (QED) is 0.446. The van der Waals surface area contributed by atoms with Crippen LogP contribution in [0.25, 0.3) is 0 Å². The summed E-state index contributed by atoms with van der Waals surface area (Å²) in [6.45, 7) is 2.38.